The molecule has 0 spiro atoms. The fourth-order valence-corrected chi connectivity index (χ4v) is 6.55. The molecule has 6 rings (SSSR count). The number of benzene rings is 1. The highest BCUT2D eigenvalue weighted by atomic mass is 15.2. The van der Waals surface area contributed by atoms with Crippen molar-refractivity contribution in [1.29, 1.82) is 5.26 Å². The van der Waals surface area contributed by atoms with Gasteiger partial charge in [-0.3, -0.25) is 0 Å². The monoisotopic (exact) mass is 493 g/mol. The zero-order chi connectivity index (χ0) is 26.1. The summed E-state index contributed by atoms with van der Waals surface area (Å²) >= 11 is 0. The standard InChI is InChI=1S/C35H31N3/c1-3-10-33-28(4-2)30-13-7-8-15-34(30)38(33)35-22-27(26-17-16-24-11-5-6-12-25(24)21-26)18-19-31(35)29-14-9-20-37-32(29)23-36/h2-3,5-13,15,18-22,24,26,29-30,34H,14,16-17H2,1H3/b10-3-. The smallest absolute Gasteiger partial charge is 0.125 e. The number of terminal acetylenes is 1. The van der Waals surface area contributed by atoms with Gasteiger partial charge in [-0.15, -0.1) is 6.42 Å². The molecule has 5 aliphatic rings. The first-order chi connectivity index (χ1) is 18.7. The number of aliphatic imine (C=N–C) groups is 1. The van der Waals surface area contributed by atoms with Gasteiger partial charge in [0, 0.05) is 41.1 Å². The SMILES string of the molecule is C#CC1=C(/C=C\C)N(c2cc(C3C=C4C=CC=CC4CC3)ccc2C2CC=CN=C2C#N)C2C=CC=CC12. The zero-order valence-corrected chi connectivity index (χ0v) is 21.7. The number of rotatable bonds is 4. The summed E-state index contributed by atoms with van der Waals surface area (Å²) in [5.41, 5.74) is 7.60. The van der Waals surface area contributed by atoms with E-state index in [0.717, 1.165) is 41.8 Å². The molecule has 3 nitrogen and oxygen atoms in total. The summed E-state index contributed by atoms with van der Waals surface area (Å²) in [6.45, 7) is 2.04. The lowest BCUT2D eigenvalue weighted by molar-refractivity contribution is 0.561. The van der Waals surface area contributed by atoms with Crippen molar-refractivity contribution in [2.24, 2.45) is 16.8 Å². The Morgan fingerprint density at radius 2 is 1.92 bits per heavy atom. The number of allylic oxidation sites excluding steroid dienone is 11. The normalized spacial score (nSPS) is 29.1. The molecule has 186 valence electrons. The van der Waals surface area contributed by atoms with Crippen molar-refractivity contribution in [1.82, 2.24) is 0 Å². The number of hydrogen-bond donors (Lipinski definition) is 0. The molecule has 0 amide bonds. The van der Waals surface area contributed by atoms with E-state index in [1.165, 1.54) is 11.1 Å². The molecule has 0 bridgehead atoms. The molecule has 1 aromatic carbocycles. The van der Waals surface area contributed by atoms with Crippen molar-refractivity contribution in [2.45, 2.75) is 44.1 Å². The van der Waals surface area contributed by atoms with Crippen LogP contribution in [0.2, 0.25) is 0 Å². The summed E-state index contributed by atoms with van der Waals surface area (Å²) in [6, 6.07) is 9.32. The lowest BCUT2D eigenvalue weighted by atomic mass is 9.77. The van der Waals surface area contributed by atoms with Gasteiger partial charge in [0.1, 0.15) is 11.8 Å². The van der Waals surface area contributed by atoms with Crippen LogP contribution in [0, 0.1) is 35.5 Å². The Kier molecular flexibility index (Phi) is 6.45. The van der Waals surface area contributed by atoms with Crippen LogP contribution in [0.25, 0.3) is 0 Å². The number of anilines is 1. The predicted octanol–water partition coefficient (Wildman–Crippen LogP) is 7.59. The van der Waals surface area contributed by atoms with E-state index in [2.05, 4.69) is 113 Å². The highest BCUT2D eigenvalue weighted by molar-refractivity contribution is 6.05. The Balaban J connectivity index is 1.52. The van der Waals surface area contributed by atoms with Crippen molar-refractivity contribution in [2.75, 3.05) is 4.90 Å². The molecule has 5 atom stereocenters. The fraction of sp³-hybridized carbons (Fsp3) is 0.257. The van der Waals surface area contributed by atoms with Crippen LogP contribution in [0.3, 0.4) is 0 Å². The Hall–Kier alpha value is -4.34. The lowest BCUT2D eigenvalue weighted by Crippen LogP contribution is -2.34. The molecular formula is C35H31N3. The van der Waals surface area contributed by atoms with Crippen LogP contribution in [0.4, 0.5) is 5.69 Å². The summed E-state index contributed by atoms with van der Waals surface area (Å²) in [7, 11) is 0. The van der Waals surface area contributed by atoms with E-state index in [1.54, 1.807) is 6.20 Å². The maximum Gasteiger partial charge on any atom is 0.125 e. The average molecular weight is 494 g/mol. The van der Waals surface area contributed by atoms with E-state index >= 15 is 0 Å². The van der Waals surface area contributed by atoms with E-state index in [9.17, 15) is 5.26 Å². The number of nitriles is 1. The second kappa shape index (κ2) is 10.2. The highest BCUT2D eigenvalue weighted by Crippen LogP contribution is 2.46. The Morgan fingerprint density at radius 3 is 2.76 bits per heavy atom. The third-order valence-corrected chi connectivity index (χ3v) is 8.36. The van der Waals surface area contributed by atoms with Gasteiger partial charge < -0.3 is 4.90 Å². The Bertz CT molecular complexity index is 1500. The zero-order valence-electron chi connectivity index (χ0n) is 21.7. The molecule has 2 aliphatic heterocycles. The third kappa shape index (κ3) is 4.06. The van der Waals surface area contributed by atoms with Gasteiger partial charge >= 0.3 is 0 Å². The molecule has 0 fully saturated rings. The van der Waals surface area contributed by atoms with E-state index in [1.807, 2.05) is 6.92 Å². The minimum Gasteiger partial charge on any atom is -0.332 e. The van der Waals surface area contributed by atoms with Gasteiger partial charge in [0.2, 0.25) is 0 Å². The quantitative estimate of drug-likeness (QED) is 0.405. The van der Waals surface area contributed by atoms with Gasteiger partial charge in [0.05, 0.1) is 11.7 Å². The second-order valence-corrected chi connectivity index (χ2v) is 10.4. The molecule has 3 heteroatoms. The Morgan fingerprint density at radius 1 is 1.08 bits per heavy atom. The highest BCUT2D eigenvalue weighted by Gasteiger charge is 2.40. The molecule has 0 radical (unpaired) electrons. The van der Waals surface area contributed by atoms with Crippen LogP contribution in [0.15, 0.2) is 119 Å². The summed E-state index contributed by atoms with van der Waals surface area (Å²) in [5.74, 6) is 3.93. The summed E-state index contributed by atoms with van der Waals surface area (Å²) in [5, 5.41) is 9.94. The largest absolute Gasteiger partial charge is 0.332 e. The summed E-state index contributed by atoms with van der Waals surface area (Å²) < 4.78 is 0. The van der Waals surface area contributed by atoms with E-state index in [-0.39, 0.29) is 17.9 Å². The summed E-state index contributed by atoms with van der Waals surface area (Å²) in [6.07, 6.45) is 37.2. The topological polar surface area (TPSA) is 39.4 Å². The molecule has 0 saturated heterocycles. The van der Waals surface area contributed by atoms with Crippen molar-refractivity contribution < 1.29 is 0 Å². The fourth-order valence-electron chi connectivity index (χ4n) is 6.55. The van der Waals surface area contributed by atoms with Gasteiger partial charge in [-0.1, -0.05) is 84.9 Å². The molecule has 5 unspecified atom stereocenters. The van der Waals surface area contributed by atoms with Gasteiger partial charge in [-0.2, -0.15) is 5.26 Å². The van der Waals surface area contributed by atoms with Crippen LogP contribution >= 0.6 is 0 Å². The molecule has 38 heavy (non-hydrogen) atoms. The maximum atomic E-state index is 9.94. The molecular weight excluding hydrogens is 462 g/mol. The summed E-state index contributed by atoms with van der Waals surface area (Å²) in [4.78, 5) is 6.86. The number of fused-ring (bicyclic) bond motifs is 2. The van der Waals surface area contributed by atoms with Crippen LogP contribution in [-0.4, -0.2) is 11.8 Å². The average Bonchev–Trinajstić information content (AvgIpc) is 3.29. The van der Waals surface area contributed by atoms with Crippen LogP contribution in [-0.2, 0) is 0 Å². The molecule has 1 aromatic rings. The first kappa shape index (κ1) is 24.0. The van der Waals surface area contributed by atoms with Gasteiger partial charge in [0.25, 0.3) is 0 Å². The second-order valence-electron chi connectivity index (χ2n) is 10.4. The predicted molar refractivity (Wildman–Crippen MR) is 157 cm³/mol. The molecule has 0 saturated carbocycles. The lowest BCUT2D eigenvalue weighted by Gasteiger charge is -2.34. The molecule has 0 aromatic heterocycles. The molecule has 2 heterocycles. The van der Waals surface area contributed by atoms with E-state index in [0.29, 0.717) is 17.5 Å². The van der Waals surface area contributed by atoms with Crippen LogP contribution in [0.1, 0.15) is 49.1 Å². The minimum absolute atomic E-state index is 0.0853. The van der Waals surface area contributed by atoms with Crippen molar-refractivity contribution in [3.05, 3.63) is 125 Å². The third-order valence-electron chi connectivity index (χ3n) is 8.36. The van der Waals surface area contributed by atoms with Gasteiger partial charge in [-0.25, -0.2) is 4.99 Å². The van der Waals surface area contributed by atoms with E-state index in [4.69, 9.17) is 6.42 Å². The maximum absolute atomic E-state index is 9.94. The number of nitrogens with zero attached hydrogens (tertiary/aromatic N) is 3. The molecule has 3 aliphatic carbocycles. The Labute approximate surface area is 226 Å². The van der Waals surface area contributed by atoms with Crippen LogP contribution in [0.5, 0.6) is 0 Å². The van der Waals surface area contributed by atoms with E-state index < -0.39 is 0 Å². The first-order valence-electron chi connectivity index (χ1n) is 13.5. The minimum atomic E-state index is -0.0853. The van der Waals surface area contributed by atoms with Crippen LogP contribution < -0.4 is 4.90 Å². The van der Waals surface area contributed by atoms with Gasteiger partial charge in [-0.05, 0) is 55.0 Å². The first-order valence-corrected chi connectivity index (χ1v) is 13.5. The van der Waals surface area contributed by atoms with Crippen molar-refractivity contribution >= 4 is 11.4 Å². The van der Waals surface area contributed by atoms with Gasteiger partial charge in [0.15, 0.2) is 0 Å². The van der Waals surface area contributed by atoms with Crippen molar-refractivity contribution in [3.63, 3.8) is 0 Å². The molecule has 0 N–H and O–H groups in total. The van der Waals surface area contributed by atoms with Crippen molar-refractivity contribution in [3.8, 4) is 18.4 Å². The number of hydrogen-bond acceptors (Lipinski definition) is 3.